The first kappa shape index (κ1) is 20.8. The molecule has 3 heterocycles. The van der Waals surface area contributed by atoms with E-state index >= 15 is 0 Å². The van der Waals surface area contributed by atoms with Gasteiger partial charge in [-0.2, -0.15) is 14.9 Å². The minimum Gasteiger partial charge on any atom is -0.390 e. The van der Waals surface area contributed by atoms with Crippen LogP contribution in [0.15, 0.2) is 42.9 Å². The van der Waals surface area contributed by atoms with E-state index < -0.39 is 16.8 Å². The molecule has 164 valence electrons. The Bertz CT molecular complexity index is 1310. The van der Waals surface area contributed by atoms with Gasteiger partial charge in [-0.1, -0.05) is 23.2 Å². The summed E-state index contributed by atoms with van der Waals surface area (Å²) in [5.41, 5.74) is 2.41. The normalized spacial score (nSPS) is 11.0. The lowest BCUT2D eigenvalue weighted by Crippen LogP contribution is -2.16. The number of hydrogen-bond acceptors (Lipinski definition) is 7. The highest BCUT2D eigenvalue weighted by Crippen LogP contribution is 2.21. The van der Waals surface area contributed by atoms with Gasteiger partial charge in [-0.15, -0.1) is 0 Å². The molecule has 1 amide bonds. The summed E-state index contributed by atoms with van der Waals surface area (Å²) < 4.78 is 18.2. The Labute approximate surface area is 180 Å². The summed E-state index contributed by atoms with van der Waals surface area (Å²) in [6, 6.07) is 7.95. The predicted molar refractivity (Wildman–Crippen MR) is 109 cm³/mol. The molecule has 0 saturated heterocycles. The molecular formula is C19H18FN9O3. The largest absolute Gasteiger partial charge is 0.491 e. The molecular weight excluding hydrogens is 421 g/mol. The number of benzene rings is 1. The number of aryl methyl sites for hydroxylation is 1. The highest BCUT2D eigenvalue weighted by Gasteiger charge is 2.18. The average Bonchev–Trinajstić information content (AvgIpc) is 3.47. The fourth-order valence-electron chi connectivity index (χ4n) is 3.14. The molecule has 0 bridgehead atoms. The van der Waals surface area contributed by atoms with Crippen LogP contribution in [0.5, 0.6) is 0 Å². The van der Waals surface area contributed by atoms with Crippen LogP contribution < -0.4 is 5.32 Å². The van der Waals surface area contributed by atoms with Crippen molar-refractivity contribution in [3.8, 4) is 0 Å². The summed E-state index contributed by atoms with van der Waals surface area (Å²) in [6.45, 7) is 3.81. The quantitative estimate of drug-likeness (QED) is 0.344. The van der Waals surface area contributed by atoms with Crippen LogP contribution in [0, 0.1) is 29.8 Å². The van der Waals surface area contributed by atoms with E-state index in [1.165, 1.54) is 27.8 Å². The molecule has 4 rings (SSSR count). The molecule has 0 saturated carbocycles. The van der Waals surface area contributed by atoms with Crippen LogP contribution in [0.1, 0.15) is 27.4 Å². The summed E-state index contributed by atoms with van der Waals surface area (Å²) in [4.78, 5) is 26.2. The van der Waals surface area contributed by atoms with Gasteiger partial charge in [0.05, 0.1) is 23.6 Å². The number of amides is 1. The average molecular weight is 439 g/mol. The van der Waals surface area contributed by atoms with Gasteiger partial charge in [0.1, 0.15) is 5.82 Å². The molecule has 0 aliphatic rings. The minimum atomic E-state index is -0.699. The van der Waals surface area contributed by atoms with Gasteiger partial charge in [0, 0.05) is 16.9 Å². The third kappa shape index (κ3) is 4.21. The fourth-order valence-corrected chi connectivity index (χ4v) is 3.14. The Morgan fingerprint density at radius 1 is 1.16 bits per heavy atom. The summed E-state index contributed by atoms with van der Waals surface area (Å²) >= 11 is 0. The smallest absolute Gasteiger partial charge is 0.390 e. The predicted octanol–water partition coefficient (Wildman–Crippen LogP) is 2.14. The van der Waals surface area contributed by atoms with Gasteiger partial charge in [-0.05, 0) is 30.9 Å². The summed E-state index contributed by atoms with van der Waals surface area (Å²) in [5, 5.41) is 25.8. The molecule has 0 aliphatic heterocycles. The topological polar surface area (TPSA) is 139 Å². The van der Waals surface area contributed by atoms with Crippen LogP contribution in [0.4, 0.5) is 16.0 Å². The molecule has 3 aromatic heterocycles. The number of rotatable bonds is 7. The van der Waals surface area contributed by atoms with Gasteiger partial charge < -0.3 is 15.4 Å². The van der Waals surface area contributed by atoms with Crippen LogP contribution in [0.25, 0.3) is 0 Å². The zero-order chi connectivity index (χ0) is 22.8. The molecule has 1 aromatic carbocycles. The second-order valence-electron chi connectivity index (χ2n) is 6.97. The SMILES string of the molecule is Cc1nn(Cc2ccccc2F)c(C)c1NC(=O)c1ccn(Cn2cnc([N+](=O)[O-])n2)n1. The van der Waals surface area contributed by atoms with Gasteiger partial charge in [0.25, 0.3) is 5.91 Å². The molecule has 32 heavy (non-hydrogen) atoms. The second kappa shape index (κ2) is 8.37. The van der Waals surface area contributed by atoms with Crippen molar-refractivity contribution >= 4 is 17.5 Å². The van der Waals surface area contributed by atoms with Crippen LogP contribution in [-0.4, -0.2) is 45.2 Å². The van der Waals surface area contributed by atoms with Crippen molar-refractivity contribution in [3.05, 3.63) is 81.4 Å². The molecule has 1 N–H and O–H groups in total. The highest BCUT2D eigenvalue weighted by molar-refractivity contribution is 6.03. The van der Waals surface area contributed by atoms with Gasteiger partial charge in [0.15, 0.2) is 12.4 Å². The number of nitrogens with one attached hydrogen (secondary N) is 1. The van der Waals surface area contributed by atoms with Crippen molar-refractivity contribution in [2.45, 2.75) is 27.1 Å². The fraction of sp³-hybridized carbons (Fsp3) is 0.211. The Hall–Kier alpha value is -4.42. The van der Waals surface area contributed by atoms with Crippen LogP contribution in [-0.2, 0) is 13.2 Å². The molecule has 13 heteroatoms. The molecule has 4 aromatic rings. The highest BCUT2D eigenvalue weighted by atomic mass is 19.1. The number of carbonyl (C=O) groups excluding carboxylic acids is 1. The zero-order valence-corrected chi connectivity index (χ0v) is 17.1. The first-order chi connectivity index (χ1) is 15.3. The van der Waals surface area contributed by atoms with Crippen molar-refractivity contribution < 1.29 is 14.1 Å². The lowest BCUT2D eigenvalue weighted by molar-refractivity contribution is -0.394. The van der Waals surface area contributed by atoms with E-state index in [1.54, 1.807) is 42.9 Å². The third-order valence-corrected chi connectivity index (χ3v) is 4.75. The summed E-state index contributed by atoms with van der Waals surface area (Å²) in [5.74, 6) is -1.30. The Balaban J connectivity index is 1.47. The summed E-state index contributed by atoms with van der Waals surface area (Å²) in [6.07, 6.45) is 2.75. The van der Waals surface area contributed by atoms with Crippen molar-refractivity contribution in [3.63, 3.8) is 0 Å². The van der Waals surface area contributed by atoms with E-state index in [0.29, 0.717) is 22.6 Å². The number of nitrogens with zero attached hydrogens (tertiary/aromatic N) is 8. The van der Waals surface area contributed by atoms with Crippen molar-refractivity contribution in [2.75, 3.05) is 5.32 Å². The standard InChI is InChI=1S/C19H18FN9O3/c1-12-17(13(2)28(23-12)9-14-5-3-4-6-15(14)20)22-18(30)16-7-8-26(24-16)11-27-10-21-19(25-27)29(31)32/h3-8,10H,9,11H2,1-2H3,(H,22,30). The van der Waals surface area contributed by atoms with E-state index in [4.69, 9.17) is 0 Å². The van der Waals surface area contributed by atoms with Crippen molar-refractivity contribution in [1.29, 1.82) is 0 Å². The minimum absolute atomic E-state index is 0.0484. The first-order valence-electron chi connectivity index (χ1n) is 9.48. The molecule has 0 radical (unpaired) electrons. The van der Waals surface area contributed by atoms with Gasteiger partial charge in [-0.3, -0.25) is 9.48 Å². The molecule has 0 spiro atoms. The number of nitro groups is 1. The maximum atomic E-state index is 14.0. The Morgan fingerprint density at radius 2 is 1.94 bits per heavy atom. The number of aromatic nitrogens is 7. The monoisotopic (exact) mass is 439 g/mol. The number of halogens is 1. The maximum Gasteiger partial charge on any atom is 0.491 e. The van der Waals surface area contributed by atoms with E-state index in [0.717, 1.165) is 0 Å². The van der Waals surface area contributed by atoms with E-state index in [2.05, 4.69) is 25.6 Å². The van der Waals surface area contributed by atoms with Gasteiger partial charge in [-0.25, -0.2) is 9.07 Å². The number of hydrogen-bond donors (Lipinski definition) is 1. The second-order valence-corrected chi connectivity index (χ2v) is 6.97. The van der Waals surface area contributed by atoms with Crippen LogP contribution >= 0.6 is 0 Å². The molecule has 0 fully saturated rings. The third-order valence-electron chi connectivity index (χ3n) is 4.75. The summed E-state index contributed by atoms with van der Waals surface area (Å²) in [7, 11) is 0. The van der Waals surface area contributed by atoms with E-state index in [9.17, 15) is 19.3 Å². The maximum absolute atomic E-state index is 14.0. The van der Waals surface area contributed by atoms with Crippen LogP contribution in [0.2, 0.25) is 0 Å². The lowest BCUT2D eigenvalue weighted by Gasteiger charge is -2.07. The molecule has 0 aliphatic carbocycles. The Kier molecular flexibility index (Phi) is 5.45. The van der Waals surface area contributed by atoms with Gasteiger partial charge in [0.2, 0.25) is 6.33 Å². The number of carbonyl (C=O) groups is 1. The molecule has 12 nitrogen and oxygen atoms in total. The first-order valence-corrected chi connectivity index (χ1v) is 9.48. The van der Waals surface area contributed by atoms with Crippen molar-refractivity contribution in [2.24, 2.45) is 0 Å². The van der Waals surface area contributed by atoms with Gasteiger partial charge >= 0.3 is 5.95 Å². The molecule has 0 unspecified atom stereocenters. The lowest BCUT2D eigenvalue weighted by atomic mass is 10.2. The van der Waals surface area contributed by atoms with Crippen molar-refractivity contribution in [1.82, 2.24) is 34.3 Å². The van der Waals surface area contributed by atoms with E-state index in [-0.39, 0.29) is 24.7 Å². The Morgan fingerprint density at radius 3 is 2.66 bits per heavy atom. The number of anilines is 1. The molecule has 0 atom stereocenters. The van der Waals surface area contributed by atoms with E-state index in [1.807, 2.05) is 0 Å². The zero-order valence-electron chi connectivity index (χ0n) is 17.1. The van der Waals surface area contributed by atoms with Crippen LogP contribution in [0.3, 0.4) is 0 Å².